The van der Waals surface area contributed by atoms with Crippen molar-refractivity contribution < 1.29 is 22.7 Å². The number of aryl methyl sites for hydroxylation is 1. The van der Waals surface area contributed by atoms with Crippen molar-refractivity contribution in [2.45, 2.75) is 25.4 Å². The summed E-state index contributed by atoms with van der Waals surface area (Å²) in [5.41, 5.74) is 5.40. The molecule has 2 aromatic carbocycles. The summed E-state index contributed by atoms with van der Waals surface area (Å²) in [4.78, 5) is 11.8. The summed E-state index contributed by atoms with van der Waals surface area (Å²) in [5, 5.41) is 0. The van der Waals surface area contributed by atoms with Gasteiger partial charge in [0.05, 0.1) is 18.4 Å². The molecule has 0 unspecified atom stereocenters. The fourth-order valence-electron chi connectivity index (χ4n) is 2.22. The van der Waals surface area contributed by atoms with Crippen LogP contribution in [0.2, 0.25) is 0 Å². The molecule has 0 aromatic heterocycles. The number of anilines is 1. The Kier molecular flexibility index (Phi) is 6.27. The molecule has 4 nitrogen and oxygen atoms in total. The molecule has 2 aromatic rings. The van der Waals surface area contributed by atoms with E-state index in [9.17, 15) is 18.0 Å². The maximum absolute atomic E-state index is 12.6. The van der Waals surface area contributed by atoms with Crippen molar-refractivity contribution in [3.05, 3.63) is 59.7 Å². The first kappa shape index (κ1) is 18.6. The monoisotopic (exact) mass is 352 g/mol. The number of nitrogens with one attached hydrogen (secondary N) is 2. The first-order chi connectivity index (χ1) is 11.9. The lowest BCUT2D eigenvalue weighted by Gasteiger charge is -2.11. The number of hydrazine groups is 1. The van der Waals surface area contributed by atoms with E-state index in [-0.39, 0.29) is 18.0 Å². The van der Waals surface area contributed by atoms with Gasteiger partial charge < -0.3 is 4.74 Å². The molecule has 0 heterocycles. The van der Waals surface area contributed by atoms with E-state index >= 15 is 0 Å². The van der Waals surface area contributed by atoms with Gasteiger partial charge in [0.25, 0.3) is 0 Å². The number of methoxy groups -OCH3 is 1. The Balaban J connectivity index is 1.75. The lowest BCUT2D eigenvalue weighted by atomic mass is 10.1. The van der Waals surface area contributed by atoms with Crippen LogP contribution in [0.3, 0.4) is 0 Å². The van der Waals surface area contributed by atoms with E-state index in [0.717, 1.165) is 29.9 Å². The maximum Gasteiger partial charge on any atom is 0.416 e. The van der Waals surface area contributed by atoms with Crippen molar-refractivity contribution in [1.82, 2.24) is 5.43 Å². The number of halogens is 3. The van der Waals surface area contributed by atoms with Crippen LogP contribution >= 0.6 is 0 Å². The third-order valence-electron chi connectivity index (χ3n) is 3.56. The van der Waals surface area contributed by atoms with Crippen molar-refractivity contribution in [1.29, 1.82) is 0 Å². The molecule has 0 bridgehead atoms. The molecule has 1 amide bonds. The van der Waals surface area contributed by atoms with Gasteiger partial charge in [0.1, 0.15) is 5.75 Å². The van der Waals surface area contributed by atoms with Gasteiger partial charge in [-0.25, -0.2) is 0 Å². The second kappa shape index (κ2) is 8.41. The minimum atomic E-state index is -4.42. The highest BCUT2D eigenvalue weighted by Crippen LogP contribution is 2.30. The van der Waals surface area contributed by atoms with Crippen LogP contribution in [0, 0.1) is 0 Å². The maximum atomic E-state index is 12.6. The summed E-state index contributed by atoms with van der Waals surface area (Å²) in [7, 11) is 1.59. The molecular weight excluding hydrogens is 333 g/mol. The van der Waals surface area contributed by atoms with E-state index in [4.69, 9.17) is 4.74 Å². The average Bonchev–Trinajstić information content (AvgIpc) is 2.60. The Morgan fingerprint density at radius 1 is 1.12 bits per heavy atom. The zero-order chi connectivity index (χ0) is 18.3. The molecule has 2 rings (SSSR count). The van der Waals surface area contributed by atoms with Gasteiger partial charge in [0.15, 0.2) is 0 Å². The Morgan fingerprint density at radius 2 is 1.84 bits per heavy atom. The molecule has 0 aliphatic rings. The van der Waals surface area contributed by atoms with Crippen LogP contribution in [0.25, 0.3) is 0 Å². The molecule has 0 saturated heterocycles. The summed E-state index contributed by atoms with van der Waals surface area (Å²) in [6.45, 7) is 0. The van der Waals surface area contributed by atoms with Crippen LogP contribution in [-0.4, -0.2) is 13.0 Å². The molecule has 2 N–H and O–H groups in total. The molecule has 0 radical (unpaired) electrons. The van der Waals surface area contributed by atoms with E-state index in [1.54, 1.807) is 7.11 Å². The predicted octanol–water partition coefficient (Wildman–Crippen LogP) is 4.18. The topological polar surface area (TPSA) is 50.4 Å². The van der Waals surface area contributed by atoms with Crippen molar-refractivity contribution in [3.8, 4) is 5.75 Å². The van der Waals surface area contributed by atoms with Gasteiger partial charge in [-0.2, -0.15) is 13.2 Å². The number of amides is 1. The highest BCUT2D eigenvalue weighted by atomic mass is 19.4. The number of carbonyl (C=O) groups is 1. The largest absolute Gasteiger partial charge is 0.497 e. The standard InChI is InChI=1S/C18H19F3N2O2/c1-25-16-10-8-13(9-11-16)4-2-7-17(24)23-22-15-6-3-5-14(12-15)18(19,20)21/h3,5-6,8-12,22H,2,4,7H2,1H3,(H,23,24). The molecule has 0 aliphatic carbocycles. The highest BCUT2D eigenvalue weighted by molar-refractivity contribution is 5.77. The van der Waals surface area contributed by atoms with Gasteiger partial charge in [-0.3, -0.25) is 15.6 Å². The van der Waals surface area contributed by atoms with E-state index in [1.807, 2.05) is 24.3 Å². The Morgan fingerprint density at radius 3 is 2.48 bits per heavy atom. The van der Waals surface area contributed by atoms with E-state index < -0.39 is 11.7 Å². The molecule has 0 saturated carbocycles. The SMILES string of the molecule is COc1ccc(CCCC(=O)NNc2cccc(C(F)(F)F)c2)cc1. The number of ether oxygens (including phenoxy) is 1. The zero-order valence-electron chi connectivity index (χ0n) is 13.7. The van der Waals surface area contributed by atoms with Gasteiger partial charge in [0.2, 0.25) is 5.91 Å². The van der Waals surface area contributed by atoms with Crippen LogP contribution in [0.5, 0.6) is 5.75 Å². The quantitative estimate of drug-likeness (QED) is 0.735. The average molecular weight is 352 g/mol. The molecular formula is C18H19F3N2O2. The number of alkyl halides is 3. The van der Waals surface area contributed by atoms with Gasteiger partial charge in [0, 0.05) is 6.42 Å². The molecule has 7 heteroatoms. The van der Waals surface area contributed by atoms with Crippen molar-refractivity contribution >= 4 is 11.6 Å². The Bertz CT molecular complexity index is 700. The molecule has 0 fully saturated rings. The third kappa shape index (κ3) is 6.02. The zero-order valence-corrected chi connectivity index (χ0v) is 13.7. The Labute approximate surface area is 144 Å². The first-order valence-electron chi connectivity index (χ1n) is 7.73. The predicted molar refractivity (Wildman–Crippen MR) is 89.1 cm³/mol. The molecule has 134 valence electrons. The van der Waals surface area contributed by atoms with Gasteiger partial charge in [-0.1, -0.05) is 18.2 Å². The minimum absolute atomic E-state index is 0.179. The summed E-state index contributed by atoms with van der Waals surface area (Å²) >= 11 is 0. The number of hydrogen-bond acceptors (Lipinski definition) is 3. The first-order valence-corrected chi connectivity index (χ1v) is 7.73. The Hall–Kier alpha value is -2.70. The number of benzene rings is 2. The molecule has 0 spiro atoms. The summed E-state index contributed by atoms with van der Waals surface area (Å²) in [6.07, 6.45) is -2.80. The summed E-state index contributed by atoms with van der Waals surface area (Å²) in [6, 6.07) is 12.2. The fraction of sp³-hybridized carbons (Fsp3) is 0.278. The smallest absolute Gasteiger partial charge is 0.416 e. The highest BCUT2D eigenvalue weighted by Gasteiger charge is 2.30. The lowest BCUT2D eigenvalue weighted by molar-refractivity contribution is -0.137. The fourth-order valence-corrected chi connectivity index (χ4v) is 2.22. The van der Waals surface area contributed by atoms with Gasteiger partial charge in [-0.15, -0.1) is 0 Å². The van der Waals surface area contributed by atoms with Crippen LogP contribution in [-0.2, 0) is 17.4 Å². The van der Waals surface area contributed by atoms with Crippen molar-refractivity contribution in [2.24, 2.45) is 0 Å². The number of carbonyl (C=O) groups excluding carboxylic acids is 1. The van der Waals surface area contributed by atoms with Crippen LogP contribution in [0.15, 0.2) is 48.5 Å². The number of hydrogen-bond donors (Lipinski definition) is 2. The second-order valence-electron chi connectivity index (χ2n) is 5.45. The van der Waals surface area contributed by atoms with Crippen LogP contribution in [0.1, 0.15) is 24.0 Å². The van der Waals surface area contributed by atoms with Crippen LogP contribution in [0.4, 0.5) is 18.9 Å². The lowest BCUT2D eigenvalue weighted by Crippen LogP contribution is -2.29. The summed E-state index contributed by atoms with van der Waals surface area (Å²) in [5.74, 6) is 0.484. The number of rotatable bonds is 7. The van der Waals surface area contributed by atoms with E-state index in [1.165, 1.54) is 12.1 Å². The van der Waals surface area contributed by atoms with Crippen molar-refractivity contribution in [3.63, 3.8) is 0 Å². The molecule has 0 atom stereocenters. The third-order valence-corrected chi connectivity index (χ3v) is 3.56. The molecule has 25 heavy (non-hydrogen) atoms. The molecule has 0 aliphatic heterocycles. The van der Waals surface area contributed by atoms with E-state index in [2.05, 4.69) is 10.9 Å². The van der Waals surface area contributed by atoms with Gasteiger partial charge in [-0.05, 0) is 48.7 Å². The minimum Gasteiger partial charge on any atom is -0.497 e. The van der Waals surface area contributed by atoms with Crippen molar-refractivity contribution in [2.75, 3.05) is 12.5 Å². The summed E-state index contributed by atoms with van der Waals surface area (Å²) < 4.78 is 42.9. The normalized spacial score (nSPS) is 11.0. The second-order valence-corrected chi connectivity index (χ2v) is 5.45. The van der Waals surface area contributed by atoms with Crippen LogP contribution < -0.4 is 15.6 Å². The van der Waals surface area contributed by atoms with Gasteiger partial charge >= 0.3 is 6.18 Å². The van der Waals surface area contributed by atoms with E-state index in [0.29, 0.717) is 6.42 Å².